The first kappa shape index (κ1) is 32.3. The molecule has 0 atom stereocenters. The fourth-order valence-corrected chi connectivity index (χ4v) is 7.86. The Labute approximate surface area is 287 Å². The van der Waals surface area contributed by atoms with Crippen LogP contribution in [0.3, 0.4) is 0 Å². The van der Waals surface area contributed by atoms with E-state index in [1.807, 2.05) is 0 Å². The Balaban J connectivity index is 1.35. The Morgan fingerprint density at radius 2 is 0.729 bits per heavy atom. The second kappa shape index (κ2) is 15.3. The lowest BCUT2D eigenvalue weighted by Crippen LogP contribution is -1.95. The Bertz CT molecular complexity index is 1940. The van der Waals surface area contributed by atoms with E-state index < -0.39 is 0 Å². The topological polar surface area (TPSA) is 9.86 Å². The monoisotopic (exact) mass is 632 g/mol. The summed E-state index contributed by atoms with van der Waals surface area (Å²) in [5.74, 6) is 0. The molecule has 2 heterocycles. The summed E-state index contributed by atoms with van der Waals surface area (Å²) in [5, 5.41) is 5.30. The van der Waals surface area contributed by atoms with Crippen LogP contribution in [0.15, 0.2) is 109 Å². The average molecular weight is 633 g/mol. The first-order chi connectivity index (χ1) is 23.8. The van der Waals surface area contributed by atoms with Gasteiger partial charge in [-0.05, 0) is 85.3 Å². The highest BCUT2D eigenvalue weighted by molar-refractivity contribution is 6.19. The molecule has 0 aliphatic rings. The Morgan fingerprint density at radius 1 is 0.354 bits per heavy atom. The molecule has 0 amide bonds. The van der Waals surface area contributed by atoms with Gasteiger partial charge in [0.25, 0.3) is 0 Å². The van der Waals surface area contributed by atoms with Gasteiger partial charge in [0.2, 0.25) is 0 Å². The van der Waals surface area contributed by atoms with Crippen molar-refractivity contribution >= 4 is 43.6 Å². The molecular formula is C46H52N2. The Hall–Kier alpha value is -4.30. The van der Waals surface area contributed by atoms with Crippen molar-refractivity contribution in [1.82, 2.24) is 9.13 Å². The third kappa shape index (κ3) is 6.68. The van der Waals surface area contributed by atoms with Gasteiger partial charge in [-0.3, -0.25) is 0 Å². The molecule has 2 heteroatoms. The second-order valence-corrected chi connectivity index (χ2v) is 14.0. The summed E-state index contributed by atoms with van der Waals surface area (Å²) >= 11 is 0. The van der Waals surface area contributed by atoms with Crippen LogP contribution >= 0.6 is 0 Å². The highest BCUT2D eigenvalue weighted by Gasteiger charge is 2.19. The summed E-state index contributed by atoms with van der Waals surface area (Å²) in [5.41, 5.74) is 10.5. The first-order valence-corrected chi connectivity index (χ1v) is 18.9. The van der Waals surface area contributed by atoms with Gasteiger partial charge >= 0.3 is 0 Å². The number of hydrogen-bond acceptors (Lipinski definition) is 0. The average Bonchev–Trinajstić information content (AvgIpc) is 3.62. The van der Waals surface area contributed by atoms with Crippen LogP contribution in [-0.2, 0) is 12.8 Å². The molecule has 2 nitrogen and oxygen atoms in total. The van der Waals surface area contributed by atoms with Crippen molar-refractivity contribution in [2.24, 2.45) is 0 Å². The lowest BCUT2D eigenvalue weighted by atomic mass is 10.0. The molecule has 0 aliphatic heterocycles. The molecule has 7 aromatic rings. The Kier molecular flexibility index (Phi) is 10.3. The molecule has 0 spiro atoms. The third-order valence-corrected chi connectivity index (χ3v) is 10.4. The summed E-state index contributed by atoms with van der Waals surface area (Å²) in [7, 11) is 0. The van der Waals surface area contributed by atoms with E-state index in [0.29, 0.717) is 0 Å². The van der Waals surface area contributed by atoms with Crippen molar-refractivity contribution in [2.45, 2.75) is 104 Å². The minimum atomic E-state index is 1.14. The molecule has 246 valence electrons. The summed E-state index contributed by atoms with van der Waals surface area (Å²) < 4.78 is 5.01. The van der Waals surface area contributed by atoms with Crippen LogP contribution in [0.2, 0.25) is 0 Å². The maximum absolute atomic E-state index is 2.51. The van der Waals surface area contributed by atoms with Gasteiger partial charge in [0.05, 0.1) is 22.1 Å². The zero-order valence-electron chi connectivity index (χ0n) is 29.2. The van der Waals surface area contributed by atoms with Crippen LogP contribution in [0.1, 0.15) is 102 Å². The van der Waals surface area contributed by atoms with Crippen LogP contribution in [0.5, 0.6) is 0 Å². The molecule has 0 saturated carbocycles. The van der Waals surface area contributed by atoms with Crippen LogP contribution in [0.4, 0.5) is 0 Å². The molecule has 0 bridgehead atoms. The van der Waals surface area contributed by atoms with Crippen LogP contribution in [0.25, 0.3) is 55.0 Å². The van der Waals surface area contributed by atoms with E-state index in [2.05, 4.69) is 132 Å². The predicted octanol–water partition coefficient (Wildman–Crippen LogP) is 13.7. The van der Waals surface area contributed by atoms with Gasteiger partial charge in [-0.15, -0.1) is 0 Å². The number of nitrogens with zero attached hydrogens (tertiary/aromatic N) is 2. The Morgan fingerprint density at radius 3 is 1.15 bits per heavy atom. The number of aromatic nitrogens is 2. The lowest BCUT2D eigenvalue weighted by Gasteiger charge is -2.10. The quantitative estimate of drug-likeness (QED) is 0.0938. The van der Waals surface area contributed by atoms with E-state index in [1.165, 1.54) is 143 Å². The normalized spacial score (nSPS) is 11.9. The van der Waals surface area contributed by atoms with Crippen LogP contribution in [0, 0.1) is 0 Å². The van der Waals surface area contributed by atoms with Gasteiger partial charge in [-0.25, -0.2) is 0 Å². The van der Waals surface area contributed by atoms with E-state index in [4.69, 9.17) is 0 Å². The van der Waals surface area contributed by atoms with E-state index in [9.17, 15) is 0 Å². The number of fused-ring (bicyclic) bond motifs is 6. The van der Waals surface area contributed by atoms with E-state index in [1.54, 1.807) is 0 Å². The van der Waals surface area contributed by atoms with Crippen molar-refractivity contribution in [3.8, 4) is 11.4 Å². The number of para-hydroxylation sites is 2. The van der Waals surface area contributed by atoms with Crippen molar-refractivity contribution in [2.75, 3.05) is 0 Å². The van der Waals surface area contributed by atoms with Gasteiger partial charge in [-0.2, -0.15) is 0 Å². The molecule has 0 saturated heterocycles. The summed E-state index contributed by atoms with van der Waals surface area (Å²) in [4.78, 5) is 0. The zero-order valence-corrected chi connectivity index (χ0v) is 29.2. The number of aryl methyl sites for hydroxylation is 2. The van der Waals surface area contributed by atoms with Crippen molar-refractivity contribution < 1.29 is 0 Å². The minimum Gasteiger partial charge on any atom is -0.309 e. The van der Waals surface area contributed by atoms with Crippen LogP contribution < -0.4 is 0 Å². The molecule has 0 N–H and O–H groups in total. The first-order valence-electron chi connectivity index (χ1n) is 18.9. The number of rotatable bonds is 16. The molecule has 48 heavy (non-hydrogen) atoms. The fourth-order valence-electron chi connectivity index (χ4n) is 7.86. The third-order valence-electron chi connectivity index (χ3n) is 10.4. The standard InChI is InChI=1S/C46H52N2/c1-3-5-7-9-11-15-21-35-27-29-39-41-33-46-42(34-45(41)47(43(39)31-35)37-23-17-13-18-24-37)40-30-28-36(22-16-12-10-8-6-4-2)32-44(40)48(46)38-25-19-14-20-26-38/h13-14,17-20,23-34H,3-12,15-16,21-22H2,1-2H3. The van der Waals surface area contributed by atoms with E-state index >= 15 is 0 Å². The van der Waals surface area contributed by atoms with Gasteiger partial charge in [0.1, 0.15) is 0 Å². The zero-order chi connectivity index (χ0) is 32.7. The second-order valence-electron chi connectivity index (χ2n) is 14.0. The molecule has 2 aromatic heterocycles. The maximum atomic E-state index is 2.51. The summed E-state index contributed by atoms with van der Waals surface area (Å²) in [6.45, 7) is 4.59. The van der Waals surface area contributed by atoms with E-state index in [-0.39, 0.29) is 0 Å². The van der Waals surface area contributed by atoms with Gasteiger partial charge < -0.3 is 9.13 Å². The smallest absolute Gasteiger partial charge is 0.0548 e. The SMILES string of the molecule is CCCCCCCCc1ccc2c3cc4c(cc3n(-c3ccccc3)c2c1)c1ccc(CCCCCCCC)cc1n4-c1ccccc1. The number of benzene rings is 5. The van der Waals surface area contributed by atoms with Gasteiger partial charge in [0.15, 0.2) is 0 Å². The molecule has 0 radical (unpaired) electrons. The summed E-state index contributed by atoms with van der Waals surface area (Å²) in [6.07, 6.45) is 18.2. The predicted molar refractivity (Wildman–Crippen MR) is 209 cm³/mol. The molecule has 0 aliphatic carbocycles. The van der Waals surface area contributed by atoms with Crippen molar-refractivity contribution in [3.63, 3.8) is 0 Å². The molecular weight excluding hydrogens is 581 g/mol. The van der Waals surface area contributed by atoms with Crippen LogP contribution in [-0.4, -0.2) is 9.13 Å². The summed E-state index contributed by atoms with van der Waals surface area (Å²) in [6, 6.07) is 41.4. The minimum absolute atomic E-state index is 1.14. The number of unbranched alkanes of at least 4 members (excludes halogenated alkanes) is 10. The fraction of sp³-hybridized carbons (Fsp3) is 0.348. The molecule has 0 fully saturated rings. The molecule has 7 rings (SSSR count). The highest BCUT2D eigenvalue weighted by Crippen LogP contribution is 2.40. The van der Waals surface area contributed by atoms with Gasteiger partial charge in [-0.1, -0.05) is 139 Å². The largest absolute Gasteiger partial charge is 0.309 e. The highest BCUT2D eigenvalue weighted by atomic mass is 15.0. The molecule has 0 unspecified atom stereocenters. The van der Waals surface area contributed by atoms with Crippen molar-refractivity contribution in [3.05, 3.63) is 120 Å². The lowest BCUT2D eigenvalue weighted by molar-refractivity contribution is 0.607. The van der Waals surface area contributed by atoms with Crippen molar-refractivity contribution in [1.29, 1.82) is 0 Å². The van der Waals surface area contributed by atoms with Gasteiger partial charge in [0, 0.05) is 32.9 Å². The maximum Gasteiger partial charge on any atom is 0.0548 e. The van der Waals surface area contributed by atoms with E-state index in [0.717, 1.165) is 12.8 Å². The molecule has 5 aromatic carbocycles. The number of hydrogen-bond donors (Lipinski definition) is 0.